The van der Waals surface area contributed by atoms with Crippen molar-refractivity contribution < 1.29 is 9.48 Å². The van der Waals surface area contributed by atoms with Crippen LogP contribution in [0.1, 0.15) is 17.3 Å². The van der Waals surface area contributed by atoms with Crippen molar-refractivity contribution >= 4 is 16.7 Å². The van der Waals surface area contributed by atoms with Gasteiger partial charge in [0, 0.05) is 28.2 Å². The molecule has 0 atom stereocenters. The van der Waals surface area contributed by atoms with E-state index in [1.165, 1.54) is 0 Å². The number of para-hydroxylation sites is 1. The highest BCUT2D eigenvalue weighted by Crippen LogP contribution is 2.27. The van der Waals surface area contributed by atoms with Gasteiger partial charge in [-0.15, -0.1) is 0 Å². The van der Waals surface area contributed by atoms with E-state index >= 15 is 0 Å². The Hall–Kier alpha value is -3.33. The minimum absolute atomic E-state index is 0.0298. The molecular weight excluding hydrogens is 308 g/mol. The van der Waals surface area contributed by atoms with Crippen LogP contribution in [0.15, 0.2) is 84.9 Å². The molecule has 25 heavy (non-hydrogen) atoms. The molecule has 4 aromatic rings. The molecule has 0 aliphatic rings. The molecule has 0 aliphatic carbocycles. The molecule has 0 saturated heterocycles. The zero-order valence-corrected chi connectivity index (χ0v) is 13.9. The van der Waals surface area contributed by atoms with Crippen LogP contribution in [0.3, 0.4) is 0 Å². The average molecular weight is 325 g/mol. The third-order valence-electron chi connectivity index (χ3n) is 4.23. The van der Waals surface area contributed by atoms with Gasteiger partial charge >= 0.3 is 0 Å². The van der Waals surface area contributed by atoms with E-state index in [-0.39, 0.29) is 5.78 Å². The predicted octanol–water partition coefficient (Wildman–Crippen LogP) is 4.38. The van der Waals surface area contributed by atoms with Crippen LogP contribution < -0.4 is 4.68 Å². The highest BCUT2D eigenvalue weighted by Gasteiger charge is 2.28. The second-order valence-electron chi connectivity index (χ2n) is 5.91. The van der Waals surface area contributed by atoms with Gasteiger partial charge in [-0.2, -0.15) is 0 Å². The van der Waals surface area contributed by atoms with Gasteiger partial charge in [0.1, 0.15) is 11.1 Å². The number of fused-ring (bicyclic) bond motifs is 1. The van der Waals surface area contributed by atoms with Crippen molar-refractivity contribution in [2.45, 2.75) is 6.92 Å². The molecule has 0 fully saturated rings. The number of aromatic nitrogens is 2. The van der Waals surface area contributed by atoms with Crippen LogP contribution in [-0.2, 0) is 0 Å². The normalized spacial score (nSPS) is 10.8. The molecule has 3 nitrogen and oxygen atoms in total. The minimum Gasteiger partial charge on any atom is -0.294 e. The Morgan fingerprint density at radius 1 is 0.800 bits per heavy atom. The third-order valence-corrected chi connectivity index (χ3v) is 4.23. The van der Waals surface area contributed by atoms with Crippen molar-refractivity contribution in [3.05, 3.63) is 90.5 Å². The summed E-state index contributed by atoms with van der Waals surface area (Å²) in [6, 6.07) is 27.6. The first kappa shape index (κ1) is 15.2. The van der Waals surface area contributed by atoms with E-state index in [2.05, 4.69) is 0 Å². The van der Waals surface area contributed by atoms with E-state index in [1.54, 1.807) is 6.92 Å². The van der Waals surface area contributed by atoms with Crippen molar-refractivity contribution in [1.29, 1.82) is 0 Å². The van der Waals surface area contributed by atoms with E-state index < -0.39 is 0 Å². The smallest absolute Gasteiger partial charge is 0.257 e. The summed E-state index contributed by atoms with van der Waals surface area (Å²) in [6.45, 7) is 1.61. The molecule has 1 aromatic heterocycles. The van der Waals surface area contributed by atoms with Crippen LogP contribution in [0.4, 0.5) is 0 Å². The maximum absolute atomic E-state index is 12.6. The standard InChI is InChI=1S/C22H17N2O/c1-16(25)21-19-14-8-9-15-20(19)23-24(18-12-6-3-7-13-18)22(21)17-10-4-2-5-11-17/h2-15H,1H3/q+1. The first-order chi connectivity index (χ1) is 12.3. The summed E-state index contributed by atoms with van der Waals surface area (Å²) in [5, 5.41) is 5.71. The quantitative estimate of drug-likeness (QED) is 0.414. The lowest BCUT2D eigenvalue weighted by Gasteiger charge is -2.09. The number of benzene rings is 3. The van der Waals surface area contributed by atoms with Crippen molar-refractivity contribution in [3.63, 3.8) is 0 Å². The van der Waals surface area contributed by atoms with Crippen molar-refractivity contribution in [3.8, 4) is 16.9 Å². The van der Waals surface area contributed by atoms with Crippen molar-refractivity contribution in [1.82, 2.24) is 5.10 Å². The Kier molecular flexibility index (Phi) is 3.82. The van der Waals surface area contributed by atoms with Crippen LogP contribution in [0, 0.1) is 0 Å². The number of ketones is 1. The molecule has 1 heterocycles. The molecule has 0 bridgehead atoms. The largest absolute Gasteiger partial charge is 0.294 e. The van der Waals surface area contributed by atoms with Gasteiger partial charge in [-0.3, -0.25) is 4.79 Å². The summed E-state index contributed by atoms with van der Waals surface area (Å²) < 4.78 is 1.87. The number of hydrogen-bond donors (Lipinski definition) is 0. The molecule has 0 spiro atoms. The number of nitrogens with zero attached hydrogens (tertiary/aromatic N) is 2. The SMILES string of the molecule is CC(=O)c1c(-c2ccccc2)[n+](-c2ccccc2)nc2ccccc12. The maximum atomic E-state index is 12.6. The highest BCUT2D eigenvalue weighted by molar-refractivity contribution is 6.09. The van der Waals surface area contributed by atoms with Gasteiger partial charge in [0.15, 0.2) is 5.78 Å². The second-order valence-corrected chi connectivity index (χ2v) is 5.91. The van der Waals surface area contributed by atoms with Gasteiger partial charge in [0.05, 0.1) is 0 Å². The second kappa shape index (κ2) is 6.29. The van der Waals surface area contributed by atoms with Gasteiger partial charge in [-0.1, -0.05) is 54.6 Å². The Labute approximate surface area is 146 Å². The summed E-state index contributed by atoms with van der Waals surface area (Å²) in [5.41, 5.74) is 4.21. The van der Waals surface area contributed by atoms with Crippen molar-refractivity contribution in [2.24, 2.45) is 0 Å². The van der Waals surface area contributed by atoms with Gasteiger partial charge in [-0.25, -0.2) is 0 Å². The summed E-state index contributed by atoms with van der Waals surface area (Å²) >= 11 is 0. The summed E-state index contributed by atoms with van der Waals surface area (Å²) in [6.07, 6.45) is 0. The van der Waals surface area contributed by atoms with E-state index in [1.807, 2.05) is 89.6 Å². The van der Waals surface area contributed by atoms with Crippen LogP contribution in [0.2, 0.25) is 0 Å². The minimum atomic E-state index is 0.0298. The fraction of sp³-hybridized carbons (Fsp3) is 0.0455. The van der Waals surface area contributed by atoms with Gasteiger partial charge in [0.2, 0.25) is 5.69 Å². The third kappa shape index (κ3) is 2.70. The first-order valence-electron chi connectivity index (χ1n) is 8.22. The van der Waals surface area contributed by atoms with Crippen LogP contribution >= 0.6 is 0 Å². The molecular formula is C22H17N2O+. The predicted molar refractivity (Wildman–Crippen MR) is 98.7 cm³/mol. The Balaban J connectivity index is 2.18. The molecule has 4 rings (SSSR count). The average Bonchev–Trinajstić information content (AvgIpc) is 2.67. The summed E-state index contributed by atoms with van der Waals surface area (Å²) in [4.78, 5) is 12.6. The molecule has 0 N–H and O–H groups in total. The number of rotatable bonds is 3. The lowest BCUT2D eigenvalue weighted by molar-refractivity contribution is -0.646. The molecule has 0 unspecified atom stereocenters. The van der Waals surface area contributed by atoms with E-state index in [0.29, 0.717) is 5.56 Å². The topological polar surface area (TPSA) is 33.8 Å². The number of carbonyl (C=O) groups excluding carboxylic acids is 1. The van der Waals surface area contributed by atoms with Gasteiger partial charge in [-0.05, 0) is 29.8 Å². The van der Waals surface area contributed by atoms with Crippen LogP contribution in [0.5, 0.6) is 0 Å². The van der Waals surface area contributed by atoms with Gasteiger partial charge < -0.3 is 0 Å². The molecule has 0 radical (unpaired) electrons. The Bertz CT molecular complexity index is 1060. The lowest BCUT2D eigenvalue weighted by Crippen LogP contribution is -2.39. The van der Waals surface area contributed by atoms with E-state index in [9.17, 15) is 4.79 Å². The maximum Gasteiger partial charge on any atom is 0.257 e. The zero-order valence-electron chi connectivity index (χ0n) is 13.9. The summed E-state index contributed by atoms with van der Waals surface area (Å²) in [5.74, 6) is 0.0298. The molecule has 120 valence electrons. The highest BCUT2D eigenvalue weighted by atomic mass is 16.1. The Morgan fingerprint density at radius 3 is 2.08 bits per heavy atom. The van der Waals surface area contributed by atoms with Gasteiger partial charge in [0.25, 0.3) is 5.69 Å². The van der Waals surface area contributed by atoms with E-state index in [4.69, 9.17) is 5.10 Å². The summed E-state index contributed by atoms with van der Waals surface area (Å²) in [7, 11) is 0. The number of hydrogen-bond acceptors (Lipinski definition) is 2. The monoisotopic (exact) mass is 325 g/mol. The molecule has 0 amide bonds. The molecule has 3 aromatic carbocycles. The fourth-order valence-corrected chi connectivity index (χ4v) is 3.14. The molecule has 0 aliphatic heterocycles. The zero-order chi connectivity index (χ0) is 17.2. The van der Waals surface area contributed by atoms with Crippen LogP contribution in [-0.4, -0.2) is 10.9 Å². The van der Waals surface area contributed by atoms with E-state index in [0.717, 1.165) is 27.8 Å². The lowest BCUT2D eigenvalue weighted by atomic mass is 9.98. The van der Waals surface area contributed by atoms with Crippen molar-refractivity contribution in [2.75, 3.05) is 0 Å². The number of Topliss-reactive ketones (excluding diaryl/α,β-unsaturated/α-hetero) is 1. The number of carbonyl (C=O) groups is 1. The Morgan fingerprint density at radius 2 is 1.40 bits per heavy atom. The molecule has 3 heteroatoms. The first-order valence-corrected chi connectivity index (χ1v) is 8.22. The molecule has 0 saturated carbocycles. The fourth-order valence-electron chi connectivity index (χ4n) is 3.14. The van der Waals surface area contributed by atoms with Crippen LogP contribution in [0.25, 0.3) is 27.8 Å².